The van der Waals surface area contributed by atoms with E-state index in [4.69, 9.17) is 0 Å². The average molecular weight is 346 g/mol. The SMILES string of the molecule is O=C(/C=C/c1ccc(O)c(O)c1)Nc1ccccc1Nc1ccccc1. The number of carbonyl (C=O) groups excluding carboxylic acids is 1. The largest absolute Gasteiger partial charge is 0.504 e. The van der Waals surface area contributed by atoms with Gasteiger partial charge in [0.2, 0.25) is 5.91 Å². The Kier molecular flexibility index (Phi) is 5.19. The van der Waals surface area contributed by atoms with Crippen LogP contribution in [0.1, 0.15) is 5.56 Å². The number of carbonyl (C=O) groups is 1. The van der Waals surface area contributed by atoms with E-state index in [0.717, 1.165) is 11.4 Å². The third kappa shape index (κ3) is 4.42. The molecule has 0 fully saturated rings. The van der Waals surface area contributed by atoms with E-state index in [1.807, 2.05) is 54.6 Å². The average Bonchev–Trinajstić information content (AvgIpc) is 2.65. The van der Waals surface area contributed by atoms with E-state index < -0.39 is 0 Å². The summed E-state index contributed by atoms with van der Waals surface area (Å²) in [6, 6.07) is 21.4. The van der Waals surface area contributed by atoms with Gasteiger partial charge in [-0.05, 0) is 48.0 Å². The first-order chi connectivity index (χ1) is 12.6. The molecule has 5 heteroatoms. The predicted molar refractivity (Wildman–Crippen MR) is 104 cm³/mol. The Morgan fingerprint density at radius 3 is 2.23 bits per heavy atom. The highest BCUT2D eigenvalue weighted by molar-refractivity contribution is 6.04. The number of hydrogen-bond acceptors (Lipinski definition) is 4. The number of phenols is 2. The van der Waals surface area contributed by atoms with Crippen molar-refractivity contribution in [2.45, 2.75) is 0 Å². The minimum absolute atomic E-state index is 0.201. The van der Waals surface area contributed by atoms with Gasteiger partial charge in [0.25, 0.3) is 0 Å². The second-order valence-corrected chi connectivity index (χ2v) is 5.61. The van der Waals surface area contributed by atoms with E-state index in [-0.39, 0.29) is 17.4 Å². The zero-order valence-electron chi connectivity index (χ0n) is 13.9. The number of hydrogen-bond donors (Lipinski definition) is 4. The quantitative estimate of drug-likeness (QED) is 0.405. The molecule has 3 aromatic rings. The molecule has 0 saturated carbocycles. The monoisotopic (exact) mass is 346 g/mol. The lowest BCUT2D eigenvalue weighted by Crippen LogP contribution is -2.09. The summed E-state index contributed by atoms with van der Waals surface area (Å²) in [5, 5.41) is 24.9. The maximum absolute atomic E-state index is 12.2. The molecule has 0 saturated heterocycles. The summed E-state index contributed by atoms with van der Waals surface area (Å²) >= 11 is 0. The Morgan fingerprint density at radius 1 is 0.808 bits per heavy atom. The molecule has 0 aromatic heterocycles. The zero-order chi connectivity index (χ0) is 18.4. The van der Waals surface area contributed by atoms with Crippen molar-refractivity contribution >= 4 is 29.0 Å². The molecule has 0 spiro atoms. The number of phenolic OH excluding ortho intramolecular Hbond substituents is 2. The topological polar surface area (TPSA) is 81.6 Å². The first-order valence-electron chi connectivity index (χ1n) is 8.04. The number of anilines is 3. The van der Waals surface area contributed by atoms with E-state index in [0.29, 0.717) is 11.3 Å². The van der Waals surface area contributed by atoms with Gasteiger partial charge in [0.15, 0.2) is 11.5 Å². The van der Waals surface area contributed by atoms with Gasteiger partial charge in [-0.25, -0.2) is 0 Å². The second-order valence-electron chi connectivity index (χ2n) is 5.61. The lowest BCUT2D eigenvalue weighted by molar-refractivity contribution is -0.111. The van der Waals surface area contributed by atoms with Crippen molar-refractivity contribution in [1.82, 2.24) is 0 Å². The van der Waals surface area contributed by atoms with E-state index in [1.165, 1.54) is 18.2 Å². The van der Waals surface area contributed by atoms with Gasteiger partial charge in [-0.15, -0.1) is 0 Å². The van der Waals surface area contributed by atoms with Gasteiger partial charge < -0.3 is 20.8 Å². The Hall–Kier alpha value is -3.73. The number of rotatable bonds is 5. The summed E-state index contributed by atoms with van der Waals surface area (Å²) in [5.41, 5.74) is 2.96. The molecular formula is C21H18N2O3. The molecule has 5 nitrogen and oxygen atoms in total. The van der Waals surface area contributed by atoms with Crippen molar-refractivity contribution in [1.29, 1.82) is 0 Å². The highest BCUT2D eigenvalue weighted by Crippen LogP contribution is 2.26. The van der Waals surface area contributed by atoms with Crippen molar-refractivity contribution < 1.29 is 15.0 Å². The van der Waals surface area contributed by atoms with Crippen molar-refractivity contribution in [2.24, 2.45) is 0 Å². The molecule has 1 amide bonds. The van der Waals surface area contributed by atoms with Gasteiger partial charge >= 0.3 is 0 Å². The molecule has 0 heterocycles. The van der Waals surface area contributed by atoms with Crippen LogP contribution in [0.15, 0.2) is 78.9 Å². The molecule has 130 valence electrons. The van der Waals surface area contributed by atoms with Crippen LogP contribution in [-0.4, -0.2) is 16.1 Å². The second kappa shape index (κ2) is 7.90. The number of amides is 1. The van der Waals surface area contributed by atoms with Gasteiger partial charge in [0.1, 0.15) is 0 Å². The Bertz CT molecular complexity index is 937. The minimum Gasteiger partial charge on any atom is -0.504 e. The number of aromatic hydroxyl groups is 2. The number of para-hydroxylation sites is 3. The van der Waals surface area contributed by atoms with Gasteiger partial charge in [-0.1, -0.05) is 36.4 Å². The van der Waals surface area contributed by atoms with Crippen LogP contribution in [0, 0.1) is 0 Å². The number of benzene rings is 3. The van der Waals surface area contributed by atoms with E-state index in [2.05, 4.69) is 10.6 Å². The van der Waals surface area contributed by atoms with Crippen molar-refractivity contribution in [2.75, 3.05) is 10.6 Å². The molecule has 26 heavy (non-hydrogen) atoms. The van der Waals surface area contributed by atoms with Crippen LogP contribution in [0.4, 0.5) is 17.1 Å². The third-order valence-corrected chi connectivity index (χ3v) is 3.66. The van der Waals surface area contributed by atoms with Crippen LogP contribution in [0.25, 0.3) is 6.08 Å². The standard InChI is InChI=1S/C21H18N2O3/c24-19-12-10-15(14-20(19)25)11-13-21(26)23-18-9-5-4-8-17(18)22-16-6-2-1-3-7-16/h1-14,22,24-25H,(H,23,26)/b13-11+. The Morgan fingerprint density at radius 2 is 1.50 bits per heavy atom. The molecule has 0 unspecified atom stereocenters. The normalized spacial score (nSPS) is 10.6. The molecule has 0 aliphatic rings. The maximum atomic E-state index is 12.2. The van der Waals surface area contributed by atoms with Gasteiger partial charge in [0, 0.05) is 11.8 Å². The molecule has 0 aliphatic carbocycles. The first kappa shape index (κ1) is 17.1. The zero-order valence-corrected chi connectivity index (χ0v) is 13.9. The predicted octanol–water partition coefficient (Wildman–Crippen LogP) is 4.49. The van der Waals surface area contributed by atoms with Crippen LogP contribution in [0.3, 0.4) is 0 Å². The third-order valence-electron chi connectivity index (χ3n) is 3.66. The van der Waals surface area contributed by atoms with Crippen molar-refractivity contribution in [3.05, 3.63) is 84.4 Å². The minimum atomic E-state index is -0.306. The summed E-state index contributed by atoms with van der Waals surface area (Å²) in [6.45, 7) is 0. The Labute approximate surface area is 151 Å². The van der Waals surface area contributed by atoms with Crippen LogP contribution >= 0.6 is 0 Å². The summed E-state index contributed by atoms with van der Waals surface area (Å²) in [5.74, 6) is -0.739. The molecule has 0 radical (unpaired) electrons. The van der Waals surface area contributed by atoms with Crippen LogP contribution in [-0.2, 0) is 4.79 Å². The fourth-order valence-corrected chi connectivity index (χ4v) is 2.37. The number of nitrogens with one attached hydrogen (secondary N) is 2. The van der Waals surface area contributed by atoms with Crippen LogP contribution in [0.5, 0.6) is 11.5 Å². The lowest BCUT2D eigenvalue weighted by Gasteiger charge is -2.12. The highest BCUT2D eigenvalue weighted by atomic mass is 16.3. The van der Waals surface area contributed by atoms with Gasteiger partial charge in [-0.3, -0.25) is 4.79 Å². The molecular weight excluding hydrogens is 328 g/mol. The van der Waals surface area contributed by atoms with Crippen LogP contribution < -0.4 is 10.6 Å². The molecule has 0 atom stereocenters. The summed E-state index contributed by atoms with van der Waals surface area (Å²) in [7, 11) is 0. The van der Waals surface area contributed by atoms with Gasteiger partial charge in [0.05, 0.1) is 11.4 Å². The summed E-state index contributed by atoms with van der Waals surface area (Å²) < 4.78 is 0. The lowest BCUT2D eigenvalue weighted by atomic mass is 10.2. The fraction of sp³-hybridized carbons (Fsp3) is 0. The molecule has 4 N–H and O–H groups in total. The highest BCUT2D eigenvalue weighted by Gasteiger charge is 2.05. The van der Waals surface area contributed by atoms with E-state index in [9.17, 15) is 15.0 Å². The fourth-order valence-electron chi connectivity index (χ4n) is 2.37. The molecule has 3 aromatic carbocycles. The summed E-state index contributed by atoms with van der Waals surface area (Å²) in [6.07, 6.45) is 2.92. The van der Waals surface area contributed by atoms with Crippen molar-refractivity contribution in [3.63, 3.8) is 0 Å². The Balaban J connectivity index is 1.71. The molecule has 0 bridgehead atoms. The smallest absolute Gasteiger partial charge is 0.248 e. The van der Waals surface area contributed by atoms with E-state index >= 15 is 0 Å². The molecule has 3 rings (SSSR count). The van der Waals surface area contributed by atoms with Crippen LogP contribution in [0.2, 0.25) is 0 Å². The first-order valence-corrected chi connectivity index (χ1v) is 8.04. The maximum Gasteiger partial charge on any atom is 0.248 e. The summed E-state index contributed by atoms with van der Waals surface area (Å²) in [4.78, 5) is 12.2. The molecule has 0 aliphatic heterocycles. The van der Waals surface area contributed by atoms with Gasteiger partial charge in [-0.2, -0.15) is 0 Å². The van der Waals surface area contributed by atoms with Crippen molar-refractivity contribution in [3.8, 4) is 11.5 Å². The van der Waals surface area contributed by atoms with E-state index in [1.54, 1.807) is 12.1 Å².